The topological polar surface area (TPSA) is 92.9 Å². The number of nitrogens with one attached hydrogen (secondary N) is 1. The molecule has 0 aliphatic carbocycles. The number of carbonyl (C=O) groups excluding carboxylic acids is 1. The highest BCUT2D eigenvalue weighted by molar-refractivity contribution is 7.99. The highest BCUT2D eigenvalue weighted by Gasteiger charge is 2.18. The maximum Gasteiger partial charge on any atom is 0.230 e. The number of aromatic nitrogens is 4. The van der Waals surface area contributed by atoms with Crippen molar-refractivity contribution in [1.29, 1.82) is 0 Å². The molecule has 0 aromatic carbocycles. The van der Waals surface area contributed by atoms with Gasteiger partial charge in [-0.15, -0.1) is 5.10 Å². The summed E-state index contributed by atoms with van der Waals surface area (Å²) in [7, 11) is 0. The van der Waals surface area contributed by atoms with Crippen molar-refractivity contribution in [2.24, 2.45) is 0 Å². The average Bonchev–Trinajstić information content (AvgIpc) is 2.74. The average molecular weight is 273 g/mol. The molecule has 0 fully saturated rings. The number of carbonyl (C=O) groups is 1. The van der Waals surface area contributed by atoms with Crippen molar-refractivity contribution in [2.45, 2.75) is 44.4 Å². The van der Waals surface area contributed by atoms with E-state index in [9.17, 15) is 4.79 Å². The Bertz CT molecular complexity index is 393. The molecule has 0 saturated heterocycles. The van der Waals surface area contributed by atoms with E-state index in [2.05, 4.69) is 20.8 Å². The summed E-state index contributed by atoms with van der Waals surface area (Å²) >= 11 is 1.26. The molecule has 0 aliphatic heterocycles. The molecule has 8 heteroatoms. The molecule has 7 nitrogen and oxygen atoms in total. The zero-order valence-corrected chi connectivity index (χ0v) is 11.7. The van der Waals surface area contributed by atoms with E-state index in [0.29, 0.717) is 11.7 Å². The van der Waals surface area contributed by atoms with Crippen molar-refractivity contribution in [3.05, 3.63) is 0 Å². The molecule has 1 aromatic heterocycles. The second kappa shape index (κ2) is 6.69. The number of aliphatic hydroxyl groups is 1. The fourth-order valence-electron chi connectivity index (χ4n) is 1.17. The van der Waals surface area contributed by atoms with Crippen LogP contribution in [0.25, 0.3) is 0 Å². The smallest absolute Gasteiger partial charge is 0.230 e. The predicted molar refractivity (Wildman–Crippen MR) is 68.1 cm³/mol. The van der Waals surface area contributed by atoms with Gasteiger partial charge in [0.1, 0.15) is 0 Å². The van der Waals surface area contributed by atoms with Crippen LogP contribution in [-0.2, 0) is 11.3 Å². The van der Waals surface area contributed by atoms with Gasteiger partial charge in [0, 0.05) is 5.54 Å². The molecule has 0 radical (unpaired) electrons. The molecular weight excluding hydrogens is 254 g/mol. The zero-order chi connectivity index (χ0) is 13.6. The van der Waals surface area contributed by atoms with Gasteiger partial charge in [-0.05, 0) is 30.7 Å². The monoisotopic (exact) mass is 273 g/mol. The normalized spacial score (nSPS) is 11.6. The minimum Gasteiger partial charge on any atom is -0.394 e. The lowest BCUT2D eigenvalue weighted by atomic mass is 10.0. The Morgan fingerprint density at radius 3 is 2.89 bits per heavy atom. The van der Waals surface area contributed by atoms with Crippen LogP contribution in [0.1, 0.15) is 27.2 Å². The Balaban J connectivity index is 2.45. The Morgan fingerprint density at radius 2 is 2.28 bits per heavy atom. The summed E-state index contributed by atoms with van der Waals surface area (Å²) in [5.74, 6) is 0.209. The quantitative estimate of drug-likeness (QED) is 0.683. The summed E-state index contributed by atoms with van der Waals surface area (Å²) in [5, 5.41) is 23.3. The molecular formula is C10H19N5O2S. The molecule has 0 bridgehead atoms. The van der Waals surface area contributed by atoms with E-state index in [-0.39, 0.29) is 23.8 Å². The van der Waals surface area contributed by atoms with Gasteiger partial charge in [0.15, 0.2) is 0 Å². The molecule has 1 amide bonds. The molecule has 0 spiro atoms. The third-order valence-corrected chi connectivity index (χ3v) is 3.46. The molecule has 0 unspecified atom stereocenters. The van der Waals surface area contributed by atoms with E-state index in [1.807, 2.05) is 20.8 Å². The summed E-state index contributed by atoms with van der Waals surface area (Å²) in [4.78, 5) is 11.7. The number of hydrogen-bond donors (Lipinski definition) is 2. The van der Waals surface area contributed by atoms with Crippen LogP contribution in [0.4, 0.5) is 0 Å². The molecule has 0 aliphatic rings. The van der Waals surface area contributed by atoms with Crippen LogP contribution in [0, 0.1) is 0 Å². The molecule has 1 heterocycles. The number of rotatable bonds is 7. The molecule has 0 saturated carbocycles. The van der Waals surface area contributed by atoms with E-state index < -0.39 is 0 Å². The van der Waals surface area contributed by atoms with E-state index in [0.717, 1.165) is 6.42 Å². The summed E-state index contributed by atoms with van der Waals surface area (Å²) < 4.78 is 1.48. The van der Waals surface area contributed by atoms with Crippen molar-refractivity contribution in [2.75, 3.05) is 12.4 Å². The Labute approximate surface area is 110 Å². The van der Waals surface area contributed by atoms with Crippen LogP contribution in [0.15, 0.2) is 5.16 Å². The third-order valence-electron chi connectivity index (χ3n) is 2.50. The Hall–Kier alpha value is -1.15. The zero-order valence-electron chi connectivity index (χ0n) is 10.9. The molecule has 2 N–H and O–H groups in total. The molecule has 1 rings (SSSR count). The first-order valence-corrected chi connectivity index (χ1v) is 6.78. The second-order valence-electron chi connectivity index (χ2n) is 4.48. The second-order valence-corrected chi connectivity index (χ2v) is 5.42. The van der Waals surface area contributed by atoms with Crippen molar-refractivity contribution >= 4 is 17.7 Å². The summed E-state index contributed by atoms with van der Waals surface area (Å²) in [6.07, 6.45) is 0.867. The molecule has 18 heavy (non-hydrogen) atoms. The van der Waals surface area contributed by atoms with Crippen molar-refractivity contribution < 1.29 is 9.90 Å². The van der Waals surface area contributed by atoms with Gasteiger partial charge < -0.3 is 10.4 Å². The highest BCUT2D eigenvalue weighted by Crippen LogP contribution is 2.14. The number of thioether (sulfide) groups is 1. The first kappa shape index (κ1) is 14.9. The lowest BCUT2D eigenvalue weighted by Gasteiger charge is -2.24. The van der Waals surface area contributed by atoms with Crippen LogP contribution < -0.4 is 5.32 Å². The number of amides is 1. The van der Waals surface area contributed by atoms with Crippen LogP contribution in [-0.4, -0.2) is 49.1 Å². The van der Waals surface area contributed by atoms with Crippen molar-refractivity contribution in [1.82, 2.24) is 25.5 Å². The van der Waals surface area contributed by atoms with Gasteiger partial charge in [-0.2, -0.15) is 0 Å². The SMILES string of the molecule is CCC(C)(C)NC(=O)CSc1nnnn1CCO. The standard InChI is InChI=1S/C10H19N5O2S/c1-4-10(2,3)11-8(17)7-18-9-12-13-14-15(9)5-6-16/h16H,4-7H2,1-3H3,(H,11,17). The molecule has 0 atom stereocenters. The highest BCUT2D eigenvalue weighted by atomic mass is 32.2. The maximum absolute atomic E-state index is 11.7. The minimum absolute atomic E-state index is 0.0341. The van der Waals surface area contributed by atoms with Crippen LogP contribution >= 0.6 is 11.8 Å². The van der Waals surface area contributed by atoms with E-state index in [1.165, 1.54) is 16.4 Å². The van der Waals surface area contributed by atoms with E-state index in [4.69, 9.17) is 5.11 Å². The maximum atomic E-state index is 11.7. The lowest BCUT2D eigenvalue weighted by molar-refractivity contribution is -0.120. The number of nitrogens with zero attached hydrogens (tertiary/aromatic N) is 4. The molecule has 1 aromatic rings. The predicted octanol–water partition coefficient (Wildman–Crippen LogP) is 0.0623. The van der Waals surface area contributed by atoms with Gasteiger partial charge in [0.2, 0.25) is 11.1 Å². The minimum atomic E-state index is -0.200. The summed E-state index contributed by atoms with van der Waals surface area (Å²) in [6.45, 7) is 6.27. The van der Waals surface area contributed by atoms with Crippen molar-refractivity contribution in [3.63, 3.8) is 0 Å². The third kappa shape index (κ3) is 4.61. The summed E-state index contributed by atoms with van der Waals surface area (Å²) in [6, 6.07) is 0. The van der Waals surface area contributed by atoms with Crippen LogP contribution in [0.3, 0.4) is 0 Å². The number of hydrogen-bond acceptors (Lipinski definition) is 6. The van der Waals surface area contributed by atoms with Gasteiger partial charge >= 0.3 is 0 Å². The van der Waals surface area contributed by atoms with Gasteiger partial charge in [0.05, 0.1) is 18.9 Å². The Morgan fingerprint density at radius 1 is 1.56 bits per heavy atom. The first-order valence-electron chi connectivity index (χ1n) is 5.79. The fourth-order valence-corrected chi connectivity index (χ4v) is 1.87. The summed E-state index contributed by atoms with van der Waals surface area (Å²) in [5.41, 5.74) is -0.200. The fraction of sp³-hybridized carbons (Fsp3) is 0.800. The lowest BCUT2D eigenvalue weighted by Crippen LogP contribution is -2.43. The van der Waals surface area contributed by atoms with E-state index >= 15 is 0 Å². The van der Waals surface area contributed by atoms with Gasteiger partial charge in [-0.1, -0.05) is 18.7 Å². The molecule has 102 valence electrons. The van der Waals surface area contributed by atoms with Crippen molar-refractivity contribution in [3.8, 4) is 0 Å². The van der Waals surface area contributed by atoms with Crippen LogP contribution in [0.5, 0.6) is 0 Å². The van der Waals surface area contributed by atoms with Gasteiger partial charge in [-0.3, -0.25) is 4.79 Å². The van der Waals surface area contributed by atoms with Gasteiger partial charge in [-0.25, -0.2) is 4.68 Å². The van der Waals surface area contributed by atoms with Gasteiger partial charge in [0.25, 0.3) is 0 Å². The largest absolute Gasteiger partial charge is 0.394 e. The first-order chi connectivity index (χ1) is 8.48. The van der Waals surface area contributed by atoms with E-state index in [1.54, 1.807) is 0 Å². The number of tetrazole rings is 1. The van der Waals surface area contributed by atoms with Crippen LogP contribution in [0.2, 0.25) is 0 Å². The number of aliphatic hydroxyl groups excluding tert-OH is 1. The Kier molecular flexibility index (Phi) is 5.54.